The van der Waals surface area contributed by atoms with E-state index in [0.29, 0.717) is 29.5 Å². The van der Waals surface area contributed by atoms with Crippen LogP contribution in [0, 0.1) is 58.2 Å². The molecule has 4 aliphatic rings. The predicted octanol–water partition coefficient (Wildman–Crippen LogP) is 10.1. The maximum absolute atomic E-state index is 10.2. The van der Waals surface area contributed by atoms with Crippen LogP contribution in [0.15, 0.2) is 0 Å². The average molecular weight is 547 g/mol. The van der Waals surface area contributed by atoms with Crippen LogP contribution in [0.4, 0.5) is 0 Å². The topological polar surface area (TPSA) is 29.5 Å². The summed E-state index contributed by atoms with van der Waals surface area (Å²) < 4.78 is 7.14. The fourth-order valence-corrected chi connectivity index (χ4v) is 12.2. The molecule has 222 valence electrons. The van der Waals surface area contributed by atoms with E-state index in [1.807, 2.05) is 0 Å². The van der Waals surface area contributed by atoms with Crippen molar-refractivity contribution in [1.82, 2.24) is 0 Å². The maximum Gasteiger partial charge on any atom is 0.192 e. The van der Waals surface area contributed by atoms with Crippen LogP contribution in [0.25, 0.3) is 0 Å². The first-order valence-electron chi connectivity index (χ1n) is 16.9. The van der Waals surface area contributed by atoms with Crippen molar-refractivity contribution in [3.05, 3.63) is 0 Å². The second-order valence-electron chi connectivity index (χ2n) is 17.2. The number of hydrogen-bond donors (Lipinski definition) is 1. The van der Waals surface area contributed by atoms with Crippen LogP contribution in [0.2, 0.25) is 18.1 Å². The zero-order valence-corrected chi connectivity index (χ0v) is 28.2. The normalized spacial score (nSPS) is 42.5. The first-order chi connectivity index (χ1) is 17.7. The van der Waals surface area contributed by atoms with Crippen LogP contribution >= 0.6 is 0 Å². The van der Waals surface area contributed by atoms with Crippen LogP contribution in [0.5, 0.6) is 0 Å². The second kappa shape index (κ2) is 11.4. The molecular formula is C35H66O2Si. The van der Waals surface area contributed by atoms with Gasteiger partial charge in [0.05, 0.1) is 0 Å². The molecule has 0 heterocycles. The molecule has 0 aromatic carbocycles. The van der Waals surface area contributed by atoms with Crippen molar-refractivity contribution < 1.29 is 9.53 Å². The molecule has 38 heavy (non-hydrogen) atoms. The highest BCUT2D eigenvalue weighted by Gasteiger charge is 2.62. The van der Waals surface area contributed by atoms with E-state index in [9.17, 15) is 5.11 Å². The van der Waals surface area contributed by atoms with E-state index in [4.69, 9.17) is 4.43 Å². The van der Waals surface area contributed by atoms with Gasteiger partial charge in [-0.2, -0.15) is 0 Å². The Morgan fingerprint density at radius 2 is 1.47 bits per heavy atom. The molecule has 4 aliphatic carbocycles. The maximum atomic E-state index is 10.2. The molecule has 0 aliphatic heterocycles. The van der Waals surface area contributed by atoms with Crippen LogP contribution in [0.1, 0.15) is 132 Å². The second-order valence-corrected chi connectivity index (χ2v) is 22.0. The van der Waals surface area contributed by atoms with E-state index >= 15 is 0 Å². The van der Waals surface area contributed by atoms with Gasteiger partial charge in [0.25, 0.3) is 0 Å². The molecule has 4 fully saturated rings. The van der Waals surface area contributed by atoms with Gasteiger partial charge in [0.15, 0.2) is 8.32 Å². The highest BCUT2D eigenvalue weighted by molar-refractivity contribution is 6.74. The van der Waals surface area contributed by atoms with Gasteiger partial charge in [-0.15, -0.1) is 0 Å². The van der Waals surface area contributed by atoms with Gasteiger partial charge >= 0.3 is 0 Å². The Balaban J connectivity index is 1.49. The third-order valence-electron chi connectivity index (χ3n) is 13.8. The van der Waals surface area contributed by atoms with Gasteiger partial charge in [-0.25, -0.2) is 0 Å². The summed E-state index contributed by atoms with van der Waals surface area (Å²) >= 11 is 0. The van der Waals surface area contributed by atoms with Crippen molar-refractivity contribution in [3.63, 3.8) is 0 Å². The van der Waals surface area contributed by atoms with Crippen LogP contribution in [-0.2, 0) is 4.43 Å². The first kappa shape index (κ1) is 31.1. The fourth-order valence-electron chi connectivity index (χ4n) is 10.7. The summed E-state index contributed by atoms with van der Waals surface area (Å²) in [5, 5.41) is 10.4. The van der Waals surface area contributed by atoms with Gasteiger partial charge in [-0.05, 0) is 134 Å². The van der Waals surface area contributed by atoms with Crippen molar-refractivity contribution in [1.29, 1.82) is 0 Å². The summed E-state index contributed by atoms with van der Waals surface area (Å²) in [6, 6.07) is 0. The summed E-state index contributed by atoms with van der Waals surface area (Å²) in [6.45, 7) is 25.1. The van der Waals surface area contributed by atoms with Gasteiger partial charge in [-0.3, -0.25) is 0 Å². The number of aliphatic hydroxyl groups is 1. The van der Waals surface area contributed by atoms with Crippen molar-refractivity contribution >= 4 is 8.32 Å². The molecule has 2 nitrogen and oxygen atoms in total. The monoisotopic (exact) mass is 546 g/mol. The largest absolute Gasteiger partial charge is 0.414 e. The van der Waals surface area contributed by atoms with Crippen LogP contribution in [-0.4, -0.2) is 26.1 Å². The molecule has 0 spiro atoms. The van der Waals surface area contributed by atoms with E-state index in [0.717, 1.165) is 47.8 Å². The summed E-state index contributed by atoms with van der Waals surface area (Å²) in [6.07, 6.45) is 16.8. The molecule has 0 aromatic heterocycles. The SMILES string of the molecule is CC(C)CCC[C@@H](C)[C@H]1CC[C@H]2[C@@H]3CC[C@H]4[C@H](CCO)[C@H](O[Si](C)(C)C(C)(C)C)CC[C@]4(C)[C@H]3CC[C@]12C. The lowest BCUT2D eigenvalue weighted by molar-refractivity contribution is -0.153. The molecule has 0 bridgehead atoms. The van der Waals surface area contributed by atoms with E-state index in [2.05, 4.69) is 68.5 Å². The minimum absolute atomic E-state index is 0.244. The summed E-state index contributed by atoms with van der Waals surface area (Å²) in [4.78, 5) is 0. The quantitative estimate of drug-likeness (QED) is 0.291. The molecule has 4 rings (SSSR count). The van der Waals surface area contributed by atoms with Crippen molar-refractivity contribution in [3.8, 4) is 0 Å². The Morgan fingerprint density at radius 3 is 2.11 bits per heavy atom. The summed E-state index contributed by atoms with van der Waals surface area (Å²) in [5.74, 6) is 6.74. The van der Waals surface area contributed by atoms with Crippen molar-refractivity contribution in [2.24, 2.45) is 58.2 Å². The molecule has 3 heteroatoms. The zero-order valence-electron chi connectivity index (χ0n) is 27.2. The van der Waals surface area contributed by atoms with Crippen LogP contribution < -0.4 is 0 Å². The third-order valence-corrected chi connectivity index (χ3v) is 18.3. The Morgan fingerprint density at radius 1 is 0.842 bits per heavy atom. The lowest BCUT2D eigenvalue weighted by Gasteiger charge is -2.63. The number of rotatable bonds is 9. The van der Waals surface area contributed by atoms with Gasteiger partial charge in [0.2, 0.25) is 0 Å². The van der Waals surface area contributed by atoms with Crippen LogP contribution in [0.3, 0.4) is 0 Å². The molecule has 0 unspecified atom stereocenters. The zero-order chi connectivity index (χ0) is 28.1. The van der Waals surface area contributed by atoms with Gasteiger partial charge in [-0.1, -0.05) is 74.7 Å². The fraction of sp³-hybridized carbons (Fsp3) is 1.00. The van der Waals surface area contributed by atoms with E-state index in [1.165, 1.54) is 70.6 Å². The summed E-state index contributed by atoms with van der Waals surface area (Å²) in [7, 11) is -1.82. The minimum Gasteiger partial charge on any atom is -0.414 e. The molecule has 0 saturated heterocycles. The highest BCUT2D eigenvalue weighted by Crippen LogP contribution is 2.69. The van der Waals surface area contributed by atoms with Gasteiger partial charge in [0.1, 0.15) is 0 Å². The molecule has 1 N–H and O–H groups in total. The average Bonchev–Trinajstić information content (AvgIpc) is 3.17. The Labute approximate surface area is 239 Å². The molecular weight excluding hydrogens is 480 g/mol. The van der Waals surface area contributed by atoms with E-state index in [-0.39, 0.29) is 5.04 Å². The molecule has 0 amide bonds. The number of fused-ring (bicyclic) bond motifs is 5. The highest BCUT2D eigenvalue weighted by atomic mass is 28.4. The molecule has 0 aromatic rings. The van der Waals surface area contributed by atoms with Gasteiger partial charge < -0.3 is 9.53 Å². The van der Waals surface area contributed by atoms with E-state index < -0.39 is 8.32 Å². The van der Waals surface area contributed by atoms with E-state index in [1.54, 1.807) is 0 Å². The summed E-state index contributed by atoms with van der Waals surface area (Å²) in [5.41, 5.74) is 1.02. The number of aliphatic hydroxyl groups excluding tert-OH is 1. The lowest BCUT2D eigenvalue weighted by atomic mass is 9.43. The number of hydrogen-bond acceptors (Lipinski definition) is 2. The lowest BCUT2D eigenvalue weighted by Crippen LogP contribution is -2.58. The standard InChI is InChI=1S/C35H66O2Si/c1-24(2)12-11-13-25(3)28-16-17-29-26-14-15-30-27(20-23-36)32(37-38(9,10)33(4,5)6)19-22-35(30,8)31(26)18-21-34(28,29)7/h24-32,36H,11-23H2,1-10H3/t25-,26+,27+,28-,29+,30+,31+,32-,34-,35+/m1/s1. The smallest absolute Gasteiger partial charge is 0.192 e. The minimum atomic E-state index is -1.82. The molecule has 4 saturated carbocycles. The van der Waals surface area contributed by atoms with Crippen molar-refractivity contribution in [2.75, 3.05) is 6.61 Å². The Hall–Kier alpha value is 0.137. The predicted molar refractivity (Wildman–Crippen MR) is 166 cm³/mol. The first-order valence-corrected chi connectivity index (χ1v) is 19.8. The third kappa shape index (κ3) is 5.62. The Bertz CT molecular complexity index is 785. The van der Waals surface area contributed by atoms with Crippen molar-refractivity contribution in [2.45, 2.75) is 157 Å². The van der Waals surface area contributed by atoms with Gasteiger partial charge in [0, 0.05) is 12.7 Å². The molecule has 10 atom stereocenters. The Kier molecular flexibility index (Phi) is 9.35. The molecule has 0 radical (unpaired) electrons.